The van der Waals surface area contributed by atoms with Crippen LogP contribution in [0.1, 0.15) is 35.0 Å². The molecule has 0 bridgehead atoms. The average molecular weight is 388 g/mol. The second-order valence-electron chi connectivity index (χ2n) is 6.14. The molecule has 1 aromatic carbocycles. The van der Waals surface area contributed by atoms with E-state index in [0.717, 1.165) is 4.88 Å². The highest BCUT2D eigenvalue weighted by atomic mass is 32.1. The number of nitrogens with zero attached hydrogens (tertiary/aromatic N) is 1. The minimum atomic E-state index is -0.184. The number of benzene rings is 1. The van der Waals surface area contributed by atoms with E-state index >= 15 is 0 Å². The molecule has 7 heteroatoms. The number of hydrogen-bond acceptors (Lipinski definition) is 5. The summed E-state index contributed by atoms with van der Waals surface area (Å²) in [6.45, 7) is 2.38. The molecule has 0 radical (unpaired) electrons. The van der Waals surface area contributed by atoms with Gasteiger partial charge in [0.15, 0.2) is 5.78 Å². The normalized spacial score (nSPS) is 10.3. The molecule has 0 aliphatic rings. The van der Waals surface area contributed by atoms with Crippen molar-refractivity contribution in [2.45, 2.75) is 26.3 Å². The molecule has 0 spiro atoms. The van der Waals surface area contributed by atoms with Gasteiger partial charge in [0.2, 0.25) is 11.8 Å². The van der Waals surface area contributed by atoms with Crippen molar-refractivity contribution in [3.63, 3.8) is 0 Å². The Balaban J connectivity index is 1.65. The summed E-state index contributed by atoms with van der Waals surface area (Å²) in [5.74, 6) is 0.296. The maximum atomic E-state index is 12.1. The number of hydrogen-bond donors (Lipinski definition) is 1. The van der Waals surface area contributed by atoms with Gasteiger partial charge in [-0.15, -0.1) is 11.3 Å². The maximum Gasteiger partial charge on any atom is 0.239 e. The molecule has 0 saturated heterocycles. The molecule has 0 aliphatic carbocycles. The van der Waals surface area contributed by atoms with Crippen LogP contribution in [0.5, 0.6) is 5.75 Å². The van der Waals surface area contributed by atoms with Crippen LogP contribution < -0.4 is 10.1 Å². The van der Waals surface area contributed by atoms with Crippen LogP contribution >= 0.6 is 11.3 Å². The highest BCUT2D eigenvalue weighted by Gasteiger charge is 2.12. The molecule has 1 N–H and O–H groups in total. The minimum absolute atomic E-state index is 0.0189. The average Bonchev–Trinajstić information content (AvgIpc) is 3.17. The van der Waals surface area contributed by atoms with E-state index < -0.39 is 0 Å². The van der Waals surface area contributed by atoms with Gasteiger partial charge in [-0.1, -0.05) is 18.2 Å². The molecule has 0 aliphatic heterocycles. The summed E-state index contributed by atoms with van der Waals surface area (Å²) in [5.41, 5.74) is 0.594. The predicted molar refractivity (Wildman–Crippen MR) is 105 cm³/mol. The fraction of sp³-hybridized carbons (Fsp3) is 0.350. The Morgan fingerprint density at radius 2 is 2.00 bits per heavy atom. The molecule has 0 fully saturated rings. The first-order chi connectivity index (χ1) is 13.0. The zero-order valence-corrected chi connectivity index (χ0v) is 16.4. The lowest BCUT2D eigenvalue weighted by atomic mass is 10.1. The zero-order chi connectivity index (χ0) is 19.6. The Morgan fingerprint density at radius 3 is 2.70 bits per heavy atom. The van der Waals surface area contributed by atoms with E-state index in [0.29, 0.717) is 37.3 Å². The smallest absolute Gasteiger partial charge is 0.239 e. The summed E-state index contributed by atoms with van der Waals surface area (Å²) in [4.78, 5) is 37.9. The molecule has 2 aromatic rings. The van der Waals surface area contributed by atoms with Gasteiger partial charge in [-0.25, -0.2) is 0 Å². The Labute approximate surface area is 163 Å². The van der Waals surface area contributed by atoms with E-state index in [1.165, 1.54) is 11.8 Å². The minimum Gasteiger partial charge on any atom is -0.494 e. The molecule has 2 rings (SSSR count). The Bertz CT molecular complexity index is 774. The number of amides is 2. The van der Waals surface area contributed by atoms with Crippen molar-refractivity contribution >= 4 is 28.9 Å². The fourth-order valence-corrected chi connectivity index (χ4v) is 3.01. The summed E-state index contributed by atoms with van der Waals surface area (Å²) < 4.78 is 5.59. The standard InChI is InChI=1S/C20H24N2O4S/c1-15(23)16-6-3-7-17(12-16)26-10-4-9-20(25)22(2)14-19(24)21-13-18-8-5-11-27-18/h3,5-8,11-12H,4,9-10,13-14H2,1-2H3,(H,21,24). The number of ether oxygens (including phenoxy) is 1. The Hall–Kier alpha value is -2.67. The van der Waals surface area contributed by atoms with Gasteiger partial charge in [0, 0.05) is 23.9 Å². The molecule has 6 nitrogen and oxygen atoms in total. The molecule has 2 amide bonds. The van der Waals surface area contributed by atoms with Crippen LogP contribution in [-0.2, 0) is 16.1 Å². The van der Waals surface area contributed by atoms with Gasteiger partial charge in [0.1, 0.15) is 5.75 Å². The summed E-state index contributed by atoms with van der Waals surface area (Å²) in [5, 5.41) is 4.75. The van der Waals surface area contributed by atoms with Gasteiger partial charge in [-0.3, -0.25) is 14.4 Å². The molecule has 0 unspecified atom stereocenters. The van der Waals surface area contributed by atoms with Crippen LogP contribution in [0, 0.1) is 0 Å². The second kappa shape index (κ2) is 10.5. The SMILES string of the molecule is CC(=O)c1cccc(OCCCC(=O)N(C)CC(=O)NCc2cccs2)c1. The van der Waals surface area contributed by atoms with Crippen LogP contribution in [0.2, 0.25) is 0 Å². The predicted octanol–water partition coefficient (Wildman–Crippen LogP) is 2.88. The van der Waals surface area contributed by atoms with Crippen molar-refractivity contribution in [3.8, 4) is 5.75 Å². The number of ketones is 1. The Morgan fingerprint density at radius 1 is 1.19 bits per heavy atom. The van der Waals surface area contributed by atoms with Gasteiger partial charge in [0.25, 0.3) is 0 Å². The molecule has 0 saturated carbocycles. The number of thiophene rings is 1. The lowest BCUT2D eigenvalue weighted by Gasteiger charge is -2.16. The highest BCUT2D eigenvalue weighted by Crippen LogP contribution is 2.14. The largest absolute Gasteiger partial charge is 0.494 e. The van der Waals surface area contributed by atoms with Gasteiger partial charge in [-0.05, 0) is 36.9 Å². The van der Waals surface area contributed by atoms with E-state index in [1.807, 2.05) is 17.5 Å². The number of carbonyl (C=O) groups excluding carboxylic acids is 3. The molecule has 27 heavy (non-hydrogen) atoms. The molecule has 1 aromatic heterocycles. The van der Waals surface area contributed by atoms with Crippen molar-refractivity contribution in [2.75, 3.05) is 20.2 Å². The van der Waals surface area contributed by atoms with Gasteiger partial charge < -0.3 is 15.0 Å². The van der Waals surface area contributed by atoms with Crippen molar-refractivity contribution in [3.05, 3.63) is 52.2 Å². The van der Waals surface area contributed by atoms with E-state index in [2.05, 4.69) is 5.32 Å². The first-order valence-corrected chi connectivity index (χ1v) is 9.60. The van der Waals surface area contributed by atoms with E-state index in [9.17, 15) is 14.4 Å². The maximum absolute atomic E-state index is 12.1. The van der Waals surface area contributed by atoms with Crippen molar-refractivity contribution in [1.29, 1.82) is 0 Å². The summed E-state index contributed by atoms with van der Waals surface area (Å²) >= 11 is 1.58. The number of rotatable bonds is 10. The third kappa shape index (κ3) is 7.22. The lowest BCUT2D eigenvalue weighted by Crippen LogP contribution is -2.38. The molecular formula is C20H24N2O4S. The number of likely N-dealkylation sites (N-methyl/N-ethyl adjacent to an activating group) is 1. The van der Waals surface area contributed by atoms with Gasteiger partial charge >= 0.3 is 0 Å². The first kappa shape index (κ1) is 20.6. The van der Waals surface area contributed by atoms with Gasteiger partial charge in [0.05, 0.1) is 19.7 Å². The second-order valence-corrected chi connectivity index (χ2v) is 7.17. The first-order valence-electron chi connectivity index (χ1n) is 8.72. The fourth-order valence-electron chi connectivity index (χ4n) is 2.37. The lowest BCUT2D eigenvalue weighted by molar-refractivity contribution is -0.134. The summed E-state index contributed by atoms with van der Waals surface area (Å²) in [6, 6.07) is 10.8. The van der Waals surface area contributed by atoms with Crippen LogP contribution in [0.25, 0.3) is 0 Å². The number of Topliss-reactive ketones (excluding diaryl/α,β-unsaturated/α-hetero) is 1. The van der Waals surface area contributed by atoms with Crippen LogP contribution in [0.4, 0.5) is 0 Å². The highest BCUT2D eigenvalue weighted by molar-refractivity contribution is 7.09. The zero-order valence-electron chi connectivity index (χ0n) is 15.6. The number of carbonyl (C=O) groups is 3. The van der Waals surface area contributed by atoms with Crippen molar-refractivity contribution in [2.24, 2.45) is 0 Å². The van der Waals surface area contributed by atoms with Crippen LogP contribution in [0.3, 0.4) is 0 Å². The quantitative estimate of drug-likeness (QED) is 0.502. The molecule has 0 atom stereocenters. The van der Waals surface area contributed by atoms with Gasteiger partial charge in [-0.2, -0.15) is 0 Å². The summed E-state index contributed by atoms with van der Waals surface area (Å²) in [6.07, 6.45) is 0.825. The Kier molecular flexibility index (Phi) is 8.00. The molecular weight excluding hydrogens is 364 g/mol. The van der Waals surface area contributed by atoms with E-state index in [-0.39, 0.29) is 24.1 Å². The summed E-state index contributed by atoms with van der Waals surface area (Å²) in [7, 11) is 1.62. The topological polar surface area (TPSA) is 75.7 Å². The molecule has 144 valence electrons. The molecule has 1 heterocycles. The van der Waals surface area contributed by atoms with Crippen molar-refractivity contribution < 1.29 is 19.1 Å². The van der Waals surface area contributed by atoms with Crippen LogP contribution in [-0.4, -0.2) is 42.7 Å². The van der Waals surface area contributed by atoms with Crippen molar-refractivity contribution in [1.82, 2.24) is 10.2 Å². The van der Waals surface area contributed by atoms with E-state index in [4.69, 9.17) is 4.74 Å². The van der Waals surface area contributed by atoms with E-state index in [1.54, 1.807) is 42.6 Å². The van der Waals surface area contributed by atoms with Crippen LogP contribution in [0.15, 0.2) is 41.8 Å². The monoisotopic (exact) mass is 388 g/mol. The number of nitrogens with one attached hydrogen (secondary N) is 1. The third-order valence-corrected chi connectivity index (χ3v) is 4.77. The third-order valence-electron chi connectivity index (χ3n) is 3.89.